The van der Waals surface area contributed by atoms with Gasteiger partial charge < -0.3 is 4.74 Å². The third-order valence-electron chi connectivity index (χ3n) is 3.59. The number of nitrogens with one attached hydrogen (secondary N) is 1. The summed E-state index contributed by atoms with van der Waals surface area (Å²) in [7, 11) is -3.53. The van der Waals surface area contributed by atoms with Gasteiger partial charge in [-0.25, -0.2) is 13.1 Å². The summed E-state index contributed by atoms with van der Waals surface area (Å²) >= 11 is 0. The maximum Gasteiger partial charge on any atom is 0.240 e. The molecule has 1 aromatic rings. The van der Waals surface area contributed by atoms with Crippen LogP contribution in [0.2, 0.25) is 0 Å². The zero-order valence-electron chi connectivity index (χ0n) is 11.9. The summed E-state index contributed by atoms with van der Waals surface area (Å²) < 4.78 is 32.3. The number of ether oxygens (including phenoxy) is 1. The first-order valence-electron chi connectivity index (χ1n) is 7.23. The molecule has 1 aromatic carbocycles. The van der Waals surface area contributed by atoms with E-state index in [4.69, 9.17) is 10.00 Å². The highest BCUT2D eigenvalue weighted by Crippen LogP contribution is 2.20. The van der Waals surface area contributed by atoms with E-state index in [1.807, 2.05) is 6.07 Å². The standard InChI is InChI=1S/C15H20N2O3S/c16-12-13-6-8-15(9-7-13)21(18,19)17-10-11-20-14-4-2-1-3-5-14/h6-9,14,17H,1-5,10-11H2. The van der Waals surface area contributed by atoms with Crippen LogP contribution in [0, 0.1) is 11.3 Å². The minimum absolute atomic E-state index is 0.166. The molecule has 0 amide bonds. The van der Waals surface area contributed by atoms with E-state index in [2.05, 4.69) is 4.72 Å². The van der Waals surface area contributed by atoms with Crippen LogP contribution in [0.3, 0.4) is 0 Å². The van der Waals surface area contributed by atoms with Gasteiger partial charge in [0.15, 0.2) is 0 Å². The quantitative estimate of drug-likeness (QED) is 0.817. The molecule has 6 heteroatoms. The van der Waals surface area contributed by atoms with Crippen LogP contribution in [0.4, 0.5) is 0 Å². The minimum atomic E-state index is -3.53. The fourth-order valence-corrected chi connectivity index (χ4v) is 3.44. The molecule has 0 radical (unpaired) electrons. The van der Waals surface area contributed by atoms with E-state index in [0.717, 1.165) is 12.8 Å². The van der Waals surface area contributed by atoms with Gasteiger partial charge in [-0.2, -0.15) is 5.26 Å². The number of nitrogens with zero attached hydrogens (tertiary/aromatic N) is 1. The number of sulfonamides is 1. The fourth-order valence-electron chi connectivity index (χ4n) is 2.43. The van der Waals surface area contributed by atoms with E-state index in [1.54, 1.807) is 0 Å². The van der Waals surface area contributed by atoms with Crippen molar-refractivity contribution < 1.29 is 13.2 Å². The molecule has 21 heavy (non-hydrogen) atoms. The van der Waals surface area contributed by atoms with Gasteiger partial charge in [-0.3, -0.25) is 0 Å². The summed E-state index contributed by atoms with van der Waals surface area (Å²) in [5, 5.41) is 8.70. The van der Waals surface area contributed by atoms with Crippen LogP contribution in [0.1, 0.15) is 37.7 Å². The van der Waals surface area contributed by atoms with Gasteiger partial charge in [-0.15, -0.1) is 0 Å². The lowest BCUT2D eigenvalue weighted by Gasteiger charge is -2.21. The van der Waals surface area contributed by atoms with Gasteiger partial charge in [0.2, 0.25) is 10.0 Å². The average Bonchev–Trinajstić information content (AvgIpc) is 2.53. The molecule has 0 unspecified atom stereocenters. The van der Waals surface area contributed by atoms with Gasteiger partial charge in [0.05, 0.1) is 29.2 Å². The Balaban J connectivity index is 1.79. The molecule has 1 N–H and O–H groups in total. The second-order valence-electron chi connectivity index (χ2n) is 5.16. The van der Waals surface area contributed by atoms with E-state index in [0.29, 0.717) is 12.2 Å². The molecule has 1 fully saturated rings. The normalized spacial score (nSPS) is 16.5. The Labute approximate surface area is 126 Å². The SMILES string of the molecule is N#Cc1ccc(S(=O)(=O)NCCOC2CCCCC2)cc1. The Morgan fingerprint density at radius 2 is 1.86 bits per heavy atom. The van der Waals surface area contributed by atoms with Gasteiger partial charge in [0.25, 0.3) is 0 Å². The number of hydrogen-bond acceptors (Lipinski definition) is 4. The number of nitriles is 1. The van der Waals surface area contributed by atoms with Crippen molar-refractivity contribution in [3.05, 3.63) is 29.8 Å². The molecule has 2 rings (SSSR count). The molecule has 114 valence electrons. The molecule has 0 bridgehead atoms. The molecule has 1 aliphatic carbocycles. The highest BCUT2D eigenvalue weighted by molar-refractivity contribution is 7.89. The fraction of sp³-hybridized carbons (Fsp3) is 0.533. The van der Waals surface area contributed by atoms with Gasteiger partial charge in [-0.05, 0) is 37.1 Å². The third-order valence-corrected chi connectivity index (χ3v) is 5.07. The maximum atomic E-state index is 12.0. The first-order valence-corrected chi connectivity index (χ1v) is 8.71. The summed E-state index contributed by atoms with van der Waals surface area (Å²) in [5.41, 5.74) is 0.439. The lowest BCUT2D eigenvalue weighted by molar-refractivity contribution is 0.0321. The molecule has 0 saturated heterocycles. The summed E-state index contributed by atoms with van der Waals surface area (Å²) in [6, 6.07) is 7.81. The minimum Gasteiger partial charge on any atom is -0.377 e. The zero-order valence-corrected chi connectivity index (χ0v) is 12.7. The van der Waals surface area contributed by atoms with Crippen molar-refractivity contribution in [3.63, 3.8) is 0 Å². The second-order valence-corrected chi connectivity index (χ2v) is 6.93. The van der Waals surface area contributed by atoms with Crippen LogP contribution in [0.15, 0.2) is 29.2 Å². The van der Waals surface area contributed by atoms with Gasteiger partial charge >= 0.3 is 0 Å². The monoisotopic (exact) mass is 308 g/mol. The van der Waals surface area contributed by atoms with E-state index in [9.17, 15) is 8.42 Å². The van der Waals surface area contributed by atoms with Gasteiger partial charge in [0.1, 0.15) is 0 Å². The van der Waals surface area contributed by atoms with Crippen molar-refractivity contribution in [1.82, 2.24) is 4.72 Å². The van der Waals surface area contributed by atoms with Crippen molar-refractivity contribution >= 4 is 10.0 Å². The van der Waals surface area contributed by atoms with Crippen LogP contribution in [-0.2, 0) is 14.8 Å². The van der Waals surface area contributed by atoms with Crippen LogP contribution in [0.5, 0.6) is 0 Å². The summed E-state index contributed by atoms with van der Waals surface area (Å²) in [6.07, 6.45) is 6.08. The second kappa shape index (κ2) is 7.55. The Kier molecular flexibility index (Phi) is 5.74. The Hall–Kier alpha value is -1.42. The number of hydrogen-bond donors (Lipinski definition) is 1. The van der Waals surface area contributed by atoms with Gasteiger partial charge in [-0.1, -0.05) is 19.3 Å². The van der Waals surface area contributed by atoms with Crippen molar-refractivity contribution in [3.8, 4) is 6.07 Å². The molecular weight excluding hydrogens is 288 g/mol. The van der Waals surface area contributed by atoms with Crippen molar-refractivity contribution in [2.24, 2.45) is 0 Å². The topological polar surface area (TPSA) is 79.2 Å². The molecule has 0 spiro atoms. The van der Waals surface area contributed by atoms with E-state index >= 15 is 0 Å². The van der Waals surface area contributed by atoms with E-state index < -0.39 is 10.0 Å². The van der Waals surface area contributed by atoms with E-state index in [-0.39, 0.29) is 17.5 Å². The van der Waals surface area contributed by atoms with Crippen molar-refractivity contribution in [2.75, 3.05) is 13.2 Å². The predicted molar refractivity (Wildman–Crippen MR) is 79.2 cm³/mol. The maximum absolute atomic E-state index is 12.0. The molecule has 1 aliphatic rings. The predicted octanol–water partition coefficient (Wildman–Crippen LogP) is 2.19. The Morgan fingerprint density at radius 1 is 1.19 bits per heavy atom. The molecule has 0 aromatic heterocycles. The van der Waals surface area contributed by atoms with Crippen LogP contribution >= 0.6 is 0 Å². The molecule has 0 atom stereocenters. The molecule has 0 heterocycles. The smallest absolute Gasteiger partial charge is 0.240 e. The highest BCUT2D eigenvalue weighted by atomic mass is 32.2. The number of rotatable bonds is 6. The van der Waals surface area contributed by atoms with Crippen LogP contribution in [0.25, 0.3) is 0 Å². The largest absolute Gasteiger partial charge is 0.377 e. The van der Waals surface area contributed by atoms with Crippen molar-refractivity contribution in [1.29, 1.82) is 5.26 Å². The first-order chi connectivity index (χ1) is 10.1. The molecular formula is C15H20N2O3S. The summed E-state index contributed by atoms with van der Waals surface area (Å²) in [5.74, 6) is 0. The first kappa shape index (κ1) is 16.0. The van der Waals surface area contributed by atoms with Crippen LogP contribution < -0.4 is 4.72 Å². The van der Waals surface area contributed by atoms with E-state index in [1.165, 1.54) is 43.5 Å². The average molecular weight is 308 g/mol. The summed E-state index contributed by atoms with van der Waals surface area (Å²) in [4.78, 5) is 0.166. The summed E-state index contributed by atoms with van der Waals surface area (Å²) in [6.45, 7) is 0.652. The lowest BCUT2D eigenvalue weighted by atomic mass is 9.98. The Morgan fingerprint density at radius 3 is 2.48 bits per heavy atom. The molecule has 5 nitrogen and oxygen atoms in total. The van der Waals surface area contributed by atoms with Crippen LogP contribution in [-0.4, -0.2) is 27.7 Å². The third kappa shape index (κ3) is 4.81. The molecule has 0 aliphatic heterocycles. The van der Waals surface area contributed by atoms with Crippen molar-refractivity contribution in [2.45, 2.75) is 43.1 Å². The molecule has 1 saturated carbocycles. The van der Waals surface area contributed by atoms with Gasteiger partial charge in [0, 0.05) is 6.54 Å². The lowest BCUT2D eigenvalue weighted by Crippen LogP contribution is -2.29. The zero-order chi connectivity index (χ0) is 15.1. The highest BCUT2D eigenvalue weighted by Gasteiger charge is 2.15. The Bertz CT molecular complexity index is 584. The number of benzene rings is 1.